The molecule has 1 saturated heterocycles. The molecule has 1 aliphatic rings. The van der Waals surface area contributed by atoms with Crippen molar-refractivity contribution in [2.24, 2.45) is 5.92 Å². The Morgan fingerprint density at radius 2 is 2.10 bits per heavy atom. The van der Waals surface area contributed by atoms with Crippen LogP contribution in [0.3, 0.4) is 0 Å². The van der Waals surface area contributed by atoms with E-state index in [4.69, 9.17) is 5.11 Å². The van der Waals surface area contributed by atoms with Gasteiger partial charge < -0.3 is 10.0 Å². The van der Waals surface area contributed by atoms with Crippen molar-refractivity contribution < 1.29 is 13.5 Å². The number of hydrogen-bond donors (Lipinski definition) is 2. The molecule has 1 aliphatic heterocycles. The van der Waals surface area contributed by atoms with Crippen LogP contribution in [-0.2, 0) is 16.4 Å². The number of nitrogens with zero attached hydrogens (tertiary/aromatic N) is 1. The molecule has 114 valence electrons. The van der Waals surface area contributed by atoms with Crippen LogP contribution in [0.15, 0.2) is 16.3 Å². The Balaban J connectivity index is 1.90. The van der Waals surface area contributed by atoms with Crippen LogP contribution in [0.5, 0.6) is 0 Å². The Bertz CT molecular complexity index is 519. The summed E-state index contributed by atoms with van der Waals surface area (Å²) in [5, 5.41) is 8.86. The van der Waals surface area contributed by atoms with E-state index in [0.717, 1.165) is 30.8 Å². The van der Waals surface area contributed by atoms with Crippen LogP contribution in [0.1, 0.15) is 17.7 Å². The summed E-state index contributed by atoms with van der Waals surface area (Å²) in [5.41, 5.74) is 0. The van der Waals surface area contributed by atoms with Gasteiger partial charge in [0.1, 0.15) is 4.21 Å². The second kappa shape index (κ2) is 7.00. The smallest absolute Gasteiger partial charge is 0.250 e. The molecular weight excluding hydrogens is 296 g/mol. The highest BCUT2D eigenvalue weighted by atomic mass is 32.2. The first kappa shape index (κ1) is 15.9. The van der Waals surface area contributed by atoms with Gasteiger partial charge in [0.05, 0.1) is 0 Å². The summed E-state index contributed by atoms with van der Waals surface area (Å²) < 4.78 is 27.4. The number of sulfonamides is 1. The van der Waals surface area contributed by atoms with Crippen LogP contribution in [-0.4, -0.2) is 51.7 Å². The van der Waals surface area contributed by atoms with E-state index in [1.165, 1.54) is 11.3 Å². The third-order valence-corrected chi connectivity index (χ3v) is 6.72. The lowest BCUT2D eigenvalue weighted by Crippen LogP contribution is -2.36. The summed E-state index contributed by atoms with van der Waals surface area (Å²) in [6, 6.07) is 3.39. The summed E-state index contributed by atoms with van der Waals surface area (Å²) in [4.78, 5) is 3.16. The molecule has 5 nitrogen and oxygen atoms in total. The monoisotopic (exact) mass is 318 g/mol. The van der Waals surface area contributed by atoms with Gasteiger partial charge in [-0.1, -0.05) is 0 Å². The van der Waals surface area contributed by atoms with E-state index in [-0.39, 0.29) is 6.61 Å². The first-order chi connectivity index (χ1) is 9.51. The molecule has 1 aromatic heterocycles. The maximum atomic E-state index is 12.2. The zero-order valence-corrected chi connectivity index (χ0v) is 13.3. The molecule has 0 amide bonds. The molecule has 0 aromatic carbocycles. The van der Waals surface area contributed by atoms with E-state index in [9.17, 15) is 8.42 Å². The van der Waals surface area contributed by atoms with Gasteiger partial charge in [-0.25, -0.2) is 13.1 Å². The molecule has 20 heavy (non-hydrogen) atoms. The molecule has 1 aromatic rings. The molecule has 2 heterocycles. The molecule has 1 fully saturated rings. The van der Waals surface area contributed by atoms with Crippen LogP contribution < -0.4 is 4.72 Å². The van der Waals surface area contributed by atoms with Crippen molar-refractivity contribution in [2.75, 3.05) is 33.3 Å². The molecule has 0 atom stereocenters. The number of thiophene rings is 1. The third-order valence-electron chi connectivity index (χ3n) is 3.66. The third kappa shape index (κ3) is 4.26. The van der Waals surface area contributed by atoms with Gasteiger partial charge in [-0.2, -0.15) is 0 Å². The van der Waals surface area contributed by atoms with Crippen molar-refractivity contribution in [3.63, 3.8) is 0 Å². The minimum atomic E-state index is -3.40. The number of nitrogens with one attached hydrogen (secondary N) is 1. The fraction of sp³-hybridized carbons (Fsp3) is 0.692. The second-order valence-corrected chi connectivity index (χ2v) is 8.46. The molecule has 0 aliphatic carbocycles. The molecule has 0 unspecified atom stereocenters. The highest BCUT2D eigenvalue weighted by Crippen LogP contribution is 2.22. The predicted octanol–water partition coefficient (Wildman–Crippen LogP) is 0.903. The number of likely N-dealkylation sites (tertiary alicyclic amines) is 1. The maximum Gasteiger partial charge on any atom is 0.250 e. The molecule has 7 heteroatoms. The fourth-order valence-corrected chi connectivity index (χ4v) is 4.82. The standard InChI is InChI=1S/C13H22N2O3S2/c1-15-7-4-11(5-8-15)10-14-20(17,18)13-3-2-12(19-13)6-9-16/h2-3,11,14,16H,4-10H2,1H3. The highest BCUT2D eigenvalue weighted by molar-refractivity contribution is 7.91. The average molecular weight is 318 g/mol. The molecule has 0 bridgehead atoms. The first-order valence-corrected chi connectivity index (χ1v) is 9.19. The normalized spacial score (nSPS) is 18.5. The second-order valence-electron chi connectivity index (χ2n) is 5.29. The molecule has 0 spiro atoms. The number of aliphatic hydroxyl groups excluding tert-OH is 1. The van der Waals surface area contributed by atoms with Gasteiger partial charge in [0.2, 0.25) is 10.0 Å². The SMILES string of the molecule is CN1CCC(CNS(=O)(=O)c2ccc(CCO)s2)CC1. The van der Waals surface area contributed by atoms with Crippen molar-refractivity contribution in [1.29, 1.82) is 0 Å². The van der Waals surface area contributed by atoms with Crippen molar-refractivity contribution in [2.45, 2.75) is 23.5 Å². The molecule has 0 radical (unpaired) electrons. The Morgan fingerprint density at radius 3 is 2.75 bits per heavy atom. The van der Waals surface area contributed by atoms with Crippen LogP contribution in [0, 0.1) is 5.92 Å². The topological polar surface area (TPSA) is 69.6 Å². The van der Waals surface area contributed by atoms with E-state index in [1.54, 1.807) is 12.1 Å². The van der Waals surface area contributed by atoms with Crippen LogP contribution in [0.2, 0.25) is 0 Å². The van der Waals surface area contributed by atoms with Gasteiger partial charge in [0.15, 0.2) is 0 Å². The number of piperidine rings is 1. The van der Waals surface area contributed by atoms with Crippen molar-refractivity contribution in [3.8, 4) is 0 Å². The fourth-order valence-electron chi connectivity index (χ4n) is 2.31. The lowest BCUT2D eigenvalue weighted by atomic mass is 9.98. The first-order valence-electron chi connectivity index (χ1n) is 6.89. The molecule has 2 N–H and O–H groups in total. The van der Waals surface area contributed by atoms with Gasteiger partial charge in [-0.05, 0) is 51.0 Å². The lowest BCUT2D eigenvalue weighted by Gasteiger charge is -2.28. The Morgan fingerprint density at radius 1 is 1.40 bits per heavy atom. The number of rotatable bonds is 6. The average Bonchev–Trinajstić information content (AvgIpc) is 2.88. The molecule has 0 saturated carbocycles. The van der Waals surface area contributed by atoms with E-state index in [0.29, 0.717) is 23.1 Å². The van der Waals surface area contributed by atoms with Crippen molar-refractivity contribution in [3.05, 3.63) is 17.0 Å². The Kier molecular flexibility index (Phi) is 5.57. The van der Waals surface area contributed by atoms with Crippen molar-refractivity contribution >= 4 is 21.4 Å². The zero-order chi connectivity index (χ0) is 14.6. The highest BCUT2D eigenvalue weighted by Gasteiger charge is 2.21. The van der Waals surface area contributed by atoms with Crippen LogP contribution >= 0.6 is 11.3 Å². The Hall–Kier alpha value is -0.470. The summed E-state index contributed by atoms with van der Waals surface area (Å²) in [7, 11) is -1.31. The van der Waals surface area contributed by atoms with Crippen molar-refractivity contribution in [1.82, 2.24) is 9.62 Å². The summed E-state index contributed by atoms with van der Waals surface area (Å²) in [6.07, 6.45) is 2.59. The quantitative estimate of drug-likeness (QED) is 0.818. The van der Waals surface area contributed by atoms with E-state index < -0.39 is 10.0 Å². The van der Waals surface area contributed by atoms with Gasteiger partial charge in [0, 0.05) is 24.4 Å². The summed E-state index contributed by atoms with van der Waals surface area (Å²) in [6.45, 7) is 2.63. The summed E-state index contributed by atoms with van der Waals surface area (Å²) >= 11 is 1.23. The summed E-state index contributed by atoms with van der Waals surface area (Å²) in [5.74, 6) is 0.429. The predicted molar refractivity (Wildman–Crippen MR) is 80.5 cm³/mol. The van der Waals surface area contributed by atoms with Gasteiger partial charge in [0.25, 0.3) is 0 Å². The van der Waals surface area contributed by atoms with E-state index in [2.05, 4.69) is 16.7 Å². The Labute approximate surface area is 124 Å². The molecule has 2 rings (SSSR count). The maximum absolute atomic E-state index is 12.2. The van der Waals surface area contributed by atoms with Gasteiger partial charge >= 0.3 is 0 Å². The van der Waals surface area contributed by atoms with Crippen LogP contribution in [0.4, 0.5) is 0 Å². The van der Waals surface area contributed by atoms with E-state index >= 15 is 0 Å². The number of hydrogen-bond acceptors (Lipinski definition) is 5. The van der Waals surface area contributed by atoms with Gasteiger partial charge in [-0.3, -0.25) is 0 Å². The van der Waals surface area contributed by atoms with Gasteiger partial charge in [-0.15, -0.1) is 11.3 Å². The van der Waals surface area contributed by atoms with Crippen LogP contribution in [0.25, 0.3) is 0 Å². The lowest BCUT2D eigenvalue weighted by molar-refractivity contribution is 0.220. The molecular formula is C13H22N2O3S2. The minimum Gasteiger partial charge on any atom is -0.396 e. The van der Waals surface area contributed by atoms with E-state index in [1.807, 2.05) is 0 Å². The number of aliphatic hydroxyl groups is 1. The minimum absolute atomic E-state index is 0.0447. The zero-order valence-electron chi connectivity index (χ0n) is 11.7. The largest absolute Gasteiger partial charge is 0.396 e.